The molecule has 34 heavy (non-hydrogen) atoms. The number of anilines is 1. The van der Waals surface area contributed by atoms with E-state index in [2.05, 4.69) is 0 Å². The quantitative estimate of drug-likeness (QED) is 0.531. The molecule has 0 aliphatic carbocycles. The number of halogens is 1. The lowest BCUT2D eigenvalue weighted by Crippen LogP contribution is -2.41. The van der Waals surface area contributed by atoms with Crippen LogP contribution in [0.15, 0.2) is 72.8 Å². The van der Waals surface area contributed by atoms with Crippen LogP contribution >= 0.6 is 0 Å². The summed E-state index contributed by atoms with van der Waals surface area (Å²) in [5.74, 6) is 0.00250. The number of morpholine rings is 1. The minimum atomic E-state index is -0.466. The molecule has 1 fully saturated rings. The topological polar surface area (TPSA) is 59.1 Å². The Kier molecular flexibility index (Phi) is 7.54. The van der Waals surface area contributed by atoms with Gasteiger partial charge in [-0.05, 0) is 53.6 Å². The molecule has 1 saturated heterocycles. The van der Waals surface area contributed by atoms with Crippen molar-refractivity contribution in [1.29, 1.82) is 0 Å². The summed E-state index contributed by atoms with van der Waals surface area (Å²) in [7, 11) is 1.60. The van der Waals surface area contributed by atoms with Gasteiger partial charge < -0.3 is 19.3 Å². The molecule has 0 saturated carbocycles. The molecule has 6 nitrogen and oxygen atoms in total. The molecule has 1 aliphatic rings. The maximum absolute atomic E-state index is 13.8. The van der Waals surface area contributed by atoms with E-state index < -0.39 is 5.82 Å². The zero-order valence-corrected chi connectivity index (χ0v) is 19.1. The Labute approximate surface area is 198 Å². The second kappa shape index (κ2) is 10.9. The molecule has 0 spiro atoms. The van der Waals surface area contributed by atoms with E-state index in [1.807, 2.05) is 48.5 Å². The lowest BCUT2D eigenvalue weighted by Gasteiger charge is -2.27. The van der Waals surface area contributed by atoms with Crippen LogP contribution in [-0.4, -0.2) is 50.1 Å². The summed E-state index contributed by atoms with van der Waals surface area (Å²) in [5, 5.41) is 0. The maximum atomic E-state index is 13.8. The Morgan fingerprint density at radius 1 is 0.971 bits per heavy atom. The van der Waals surface area contributed by atoms with Crippen LogP contribution < -0.4 is 9.64 Å². The number of amides is 2. The summed E-state index contributed by atoms with van der Waals surface area (Å²) < 4.78 is 24.3. The number of benzene rings is 3. The smallest absolute Gasteiger partial charge is 0.258 e. The first-order chi connectivity index (χ1) is 16.5. The van der Waals surface area contributed by atoms with E-state index in [0.29, 0.717) is 38.5 Å². The molecule has 0 atom stereocenters. The number of ether oxygens (including phenoxy) is 2. The number of methoxy groups -OCH3 is 1. The van der Waals surface area contributed by atoms with Gasteiger partial charge in [-0.2, -0.15) is 0 Å². The SMILES string of the molecule is COc1ccc(CN(C(=O)c2cccc(F)c2)c2ccc(CC(=O)N3CCOCC3)cc2)cc1. The molecule has 3 aromatic carbocycles. The Bertz CT molecular complexity index is 1130. The Morgan fingerprint density at radius 3 is 2.29 bits per heavy atom. The van der Waals surface area contributed by atoms with Gasteiger partial charge in [0.05, 0.1) is 33.3 Å². The molecule has 1 aliphatic heterocycles. The molecule has 1 heterocycles. The highest BCUT2D eigenvalue weighted by molar-refractivity contribution is 6.06. The number of nitrogens with zero attached hydrogens (tertiary/aromatic N) is 2. The molecule has 0 radical (unpaired) electrons. The van der Waals surface area contributed by atoms with Crippen LogP contribution in [0.2, 0.25) is 0 Å². The fourth-order valence-corrected chi connectivity index (χ4v) is 3.86. The van der Waals surface area contributed by atoms with Crippen molar-refractivity contribution in [2.24, 2.45) is 0 Å². The Balaban J connectivity index is 1.55. The molecule has 4 rings (SSSR count). The average molecular weight is 463 g/mol. The molecule has 0 unspecified atom stereocenters. The first kappa shape index (κ1) is 23.4. The van der Waals surface area contributed by atoms with E-state index >= 15 is 0 Å². The fraction of sp³-hybridized carbons (Fsp3) is 0.259. The predicted molar refractivity (Wildman–Crippen MR) is 127 cm³/mol. The normalized spacial score (nSPS) is 13.4. The van der Waals surface area contributed by atoms with Crippen LogP contribution in [0, 0.1) is 5.82 Å². The molecule has 0 bridgehead atoms. The summed E-state index contributed by atoms with van der Waals surface area (Å²) in [4.78, 5) is 29.3. The number of hydrogen-bond donors (Lipinski definition) is 0. The third-order valence-electron chi connectivity index (χ3n) is 5.78. The van der Waals surface area contributed by atoms with Gasteiger partial charge in [0.1, 0.15) is 11.6 Å². The molecule has 2 amide bonds. The van der Waals surface area contributed by atoms with E-state index in [0.717, 1.165) is 16.9 Å². The van der Waals surface area contributed by atoms with Crippen LogP contribution in [0.1, 0.15) is 21.5 Å². The predicted octanol–water partition coefficient (Wildman–Crippen LogP) is 4.08. The van der Waals surface area contributed by atoms with Crippen molar-refractivity contribution >= 4 is 17.5 Å². The number of hydrogen-bond acceptors (Lipinski definition) is 4. The summed E-state index contributed by atoms with van der Waals surface area (Å²) in [5.41, 5.74) is 2.69. The van der Waals surface area contributed by atoms with E-state index in [1.165, 1.54) is 18.2 Å². The largest absolute Gasteiger partial charge is 0.497 e. The highest BCUT2D eigenvalue weighted by atomic mass is 19.1. The fourth-order valence-electron chi connectivity index (χ4n) is 3.86. The molecule has 3 aromatic rings. The van der Waals surface area contributed by atoms with Crippen LogP contribution in [0.5, 0.6) is 5.75 Å². The highest BCUT2D eigenvalue weighted by Crippen LogP contribution is 2.23. The second-order valence-corrected chi connectivity index (χ2v) is 8.09. The second-order valence-electron chi connectivity index (χ2n) is 8.09. The number of carbonyl (C=O) groups excluding carboxylic acids is 2. The standard InChI is InChI=1S/C27H27FN2O4/c1-33-25-11-7-21(8-12-25)19-30(27(32)22-3-2-4-23(28)18-22)24-9-5-20(6-10-24)17-26(31)29-13-15-34-16-14-29/h2-12,18H,13-17,19H2,1H3. The summed E-state index contributed by atoms with van der Waals surface area (Å²) in [6.45, 7) is 2.63. The monoisotopic (exact) mass is 462 g/mol. The van der Waals surface area contributed by atoms with Crippen LogP contribution in [0.25, 0.3) is 0 Å². The summed E-state index contributed by atoms with van der Waals surface area (Å²) in [6, 6.07) is 20.5. The van der Waals surface area contributed by atoms with Crippen molar-refractivity contribution in [3.63, 3.8) is 0 Å². The van der Waals surface area contributed by atoms with Gasteiger partial charge in [0.2, 0.25) is 5.91 Å². The van der Waals surface area contributed by atoms with Crippen LogP contribution in [0.3, 0.4) is 0 Å². The van der Waals surface area contributed by atoms with Gasteiger partial charge in [-0.3, -0.25) is 9.59 Å². The molecule has 0 aromatic heterocycles. The first-order valence-electron chi connectivity index (χ1n) is 11.2. The maximum Gasteiger partial charge on any atom is 0.258 e. The average Bonchev–Trinajstić information content (AvgIpc) is 2.88. The van der Waals surface area contributed by atoms with Crippen LogP contribution in [0.4, 0.5) is 10.1 Å². The lowest BCUT2D eigenvalue weighted by atomic mass is 10.1. The minimum Gasteiger partial charge on any atom is -0.497 e. The van der Waals surface area contributed by atoms with Crippen molar-refractivity contribution < 1.29 is 23.5 Å². The van der Waals surface area contributed by atoms with E-state index in [1.54, 1.807) is 23.0 Å². The van der Waals surface area contributed by atoms with Crippen LogP contribution in [-0.2, 0) is 22.5 Å². The summed E-state index contributed by atoms with van der Waals surface area (Å²) in [6.07, 6.45) is 0.288. The van der Waals surface area contributed by atoms with Crippen molar-refractivity contribution in [1.82, 2.24) is 4.90 Å². The zero-order chi connectivity index (χ0) is 23.9. The third-order valence-corrected chi connectivity index (χ3v) is 5.78. The van der Waals surface area contributed by atoms with E-state index in [4.69, 9.17) is 9.47 Å². The van der Waals surface area contributed by atoms with E-state index in [9.17, 15) is 14.0 Å². The van der Waals surface area contributed by atoms with Gasteiger partial charge in [-0.1, -0.05) is 30.3 Å². The Hall–Kier alpha value is -3.71. The number of carbonyl (C=O) groups is 2. The van der Waals surface area contributed by atoms with Gasteiger partial charge in [0.25, 0.3) is 5.91 Å². The molecular formula is C27H27FN2O4. The zero-order valence-electron chi connectivity index (χ0n) is 19.1. The van der Waals surface area contributed by atoms with Gasteiger partial charge in [-0.15, -0.1) is 0 Å². The van der Waals surface area contributed by atoms with Crippen molar-refractivity contribution in [3.8, 4) is 5.75 Å². The van der Waals surface area contributed by atoms with Gasteiger partial charge in [-0.25, -0.2) is 4.39 Å². The lowest BCUT2D eigenvalue weighted by molar-refractivity contribution is -0.134. The van der Waals surface area contributed by atoms with Gasteiger partial charge in [0.15, 0.2) is 0 Å². The van der Waals surface area contributed by atoms with Crippen molar-refractivity contribution in [3.05, 3.63) is 95.3 Å². The highest BCUT2D eigenvalue weighted by Gasteiger charge is 2.20. The van der Waals surface area contributed by atoms with Crippen molar-refractivity contribution in [2.75, 3.05) is 38.3 Å². The molecule has 176 valence electrons. The number of rotatable bonds is 7. The van der Waals surface area contributed by atoms with Gasteiger partial charge >= 0.3 is 0 Å². The minimum absolute atomic E-state index is 0.0574. The van der Waals surface area contributed by atoms with Crippen molar-refractivity contribution in [2.45, 2.75) is 13.0 Å². The van der Waals surface area contributed by atoms with E-state index in [-0.39, 0.29) is 23.8 Å². The third kappa shape index (κ3) is 5.80. The molecule has 7 heteroatoms. The first-order valence-corrected chi connectivity index (χ1v) is 11.2. The van der Waals surface area contributed by atoms with Gasteiger partial charge in [0, 0.05) is 24.3 Å². The summed E-state index contributed by atoms with van der Waals surface area (Å²) >= 11 is 0. The Morgan fingerprint density at radius 2 is 1.65 bits per heavy atom. The molecule has 0 N–H and O–H groups in total. The molecular weight excluding hydrogens is 435 g/mol.